The third-order valence-corrected chi connectivity index (χ3v) is 5.67. The minimum atomic E-state index is -0.0409. The van der Waals surface area contributed by atoms with Crippen LogP contribution in [0.5, 0.6) is 17.2 Å². The second-order valence-corrected chi connectivity index (χ2v) is 8.02. The Labute approximate surface area is 180 Å². The molecule has 2 aromatic carbocycles. The molecular weight excluding hydrogens is 400 g/mol. The van der Waals surface area contributed by atoms with Crippen LogP contribution >= 0.6 is 11.3 Å². The second kappa shape index (κ2) is 9.17. The predicted molar refractivity (Wildman–Crippen MR) is 115 cm³/mol. The summed E-state index contributed by atoms with van der Waals surface area (Å²) < 4.78 is 16.6. The van der Waals surface area contributed by atoms with Gasteiger partial charge in [0.25, 0.3) is 5.91 Å². The molecule has 7 heteroatoms. The highest BCUT2D eigenvalue weighted by atomic mass is 32.1. The van der Waals surface area contributed by atoms with Crippen LogP contribution in [0.1, 0.15) is 40.0 Å². The number of thiazole rings is 1. The number of benzene rings is 2. The molecule has 6 nitrogen and oxygen atoms in total. The zero-order chi connectivity index (χ0) is 20.9. The molecule has 0 spiro atoms. The van der Waals surface area contributed by atoms with E-state index in [0.717, 1.165) is 28.4 Å². The molecule has 2 heterocycles. The Morgan fingerprint density at radius 2 is 2.03 bits per heavy atom. The Kier molecular flexibility index (Phi) is 6.18. The average Bonchev–Trinajstić information content (AvgIpc) is 3.41. The first-order valence-electron chi connectivity index (χ1n) is 9.94. The van der Waals surface area contributed by atoms with Gasteiger partial charge >= 0.3 is 0 Å². The number of hydrogen-bond acceptors (Lipinski definition) is 6. The lowest BCUT2D eigenvalue weighted by Crippen LogP contribution is -2.31. The van der Waals surface area contributed by atoms with Gasteiger partial charge in [-0.2, -0.15) is 0 Å². The van der Waals surface area contributed by atoms with E-state index >= 15 is 0 Å². The largest absolute Gasteiger partial charge is 0.486 e. The van der Waals surface area contributed by atoms with Gasteiger partial charge in [-0.25, -0.2) is 4.98 Å². The minimum absolute atomic E-state index is 0.0409. The van der Waals surface area contributed by atoms with Crippen LogP contribution in [0.4, 0.5) is 0 Å². The molecule has 0 atom stereocenters. The van der Waals surface area contributed by atoms with E-state index in [9.17, 15) is 4.79 Å². The van der Waals surface area contributed by atoms with Crippen molar-refractivity contribution in [2.75, 3.05) is 13.3 Å². The van der Waals surface area contributed by atoms with Crippen molar-refractivity contribution in [2.45, 2.75) is 33.4 Å². The number of hydrogen-bond donors (Lipinski definition) is 0. The molecule has 0 radical (unpaired) electrons. The van der Waals surface area contributed by atoms with Gasteiger partial charge in [-0.05, 0) is 43.2 Å². The Bertz CT molecular complexity index is 1030. The zero-order valence-corrected chi connectivity index (χ0v) is 17.9. The van der Waals surface area contributed by atoms with E-state index in [-0.39, 0.29) is 12.7 Å². The molecule has 0 saturated heterocycles. The number of rotatable bonds is 8. The Hall–Kier alpha value is -3.06. The molecule has 4 rings (SSSR count). The smallest absolute Gasteiger partial charge is 0.254 e. The van der Waals surface area contributed by atoms with Gasteiger partial charge in [0.05, 0.1) is 12.2 Å². The highest BCUT2D eigenvalue weighted by molar-refractivity contribution is 7.09. The summed E-state index contributed by atoms with van der Waals surface area (Å²) in [6.07, 6.45) is 0.865. The molecule has 0 saturated carbocycles. The number of para-hydroxylation sites is 1. The number of fused-ring (bicyclic) bond motifs is 1. The van der Waals surface area contributed by atoms with E-state index < -0.39 is 0 Å². The van der Waals surface area contributed by atoms with Gasteiger partial charge in [-0.15, -0.1) is 11.3 Å². The van der Waals surface area contributed by atoms with Gasteiger partial charge in [-0.3, -0.25) is 4.79 Å². The fraction of sp³-hybridized carbons (Fsp3) is 0.304. The van der Waals surface area contributed by atoms with Gasteiger partial charge in [0.1, 0.15) is 17.4 Å². The second-order valence-electron chi connectivity index (χ2n) is 7.08. The normalized spacial score (nSPS) is 12.1. The topological polar surface area (TPSA) is 60.9 Å². The maximum absolute atomic E-state index is 13.1. The number of ether oxygens (including phenoxy) is 3. The maximum atomic E-state index is 13.1. The Morgan fingerprint density at radius 1 is 1.20 bits per heavy atom. The third-order valence-electron chi connectivity index (χ3n) is 4.80. The van der Waals surface area contributed by atoms with E-state index in [1.54, 1.807) is 29.5 Å². The first-order valence-corrected chi connectivity index (χ1v) is 10.8. The van der Waals surface area contributed by atoms with Crippen molar-refractivity contribution < 1.29 is 19.0 Å². The van der Waals surface area contributed by atoms with Crippen molar-refractivity contribution >= 4 is 17.2 Å². The fourth-order valence-corrected chi connectivity index (χ4v) is 3.97. The Morgan fingerprint density at radius 3 is 2.87 bits per heavy atom. The van der Waals surface area contributed by atoms with Gasteiger partial charge in [0, 0.05) is 17.5 Å². The molecule has 1 aliphatic heterocycles. The van der Waals surface area contributed by atoms with Gasteiger partial charge in [-0.1, -0.05) is 25.1 Å². The number of nitrogens with zero attached hydrogens (tertiary/aromatic N) is 2. The summed E-state index contributed by atoms with van der Waals surface area (Å²) >= 11 is 1.55. The number of aryl methyl sites for hydroxylation is 1. The van der Waals surface area contributed by atoms with Gasteiger partial charge < -0.3 is 19.1 Å². The van der Waals surface area contributed by atoms with Gasteiger partial charge in [0.15, 0.2) is 11.5 Å². The predicted octanol–water partition coefficient (Wildman–Crippen LogP) is 4.81. The van der Waals surface area contributed by atoms with Crippen molar-refractivity contribution in [3.05, 3.63) is 69.7 Å². The van der Waals surface area contributed by atoms with Crippen LogP contribution in [0.2, 0.25) is 0 Å². The monoisotopic (exact) mass is 424 g/mol. The van der Waals surface area contributed by atoms with Crippen LogP contribution in [0.25, 0.3) is 0 Å². The molecule has 156 valence electrons. The van der Waals surface area contributed by atoms with Gasteiger partial charge in [0.2, 0.25) is 6.79 Å². The molecule has 1 aromatic heterocycles. The van der Waals surface area contributed by atoms with E-state index in [4.69, 9.17) is 14.2 Å². The molecule has 1 aliphatic rings. The summed E-state index contributed by atoms with van der Waals surface area (Å²) in [4.78, 5) is 19.6. The van der Waals surface area contributed by atoms with Crippen LogP contribution in [0.15, 0.2) is 47.8 Å². The zero-order valence-electron chi connectivity index (χ0n) is 17.1. The number of carbonyl (C=O) groups excluding carboxylic acids is 1. The van der Waals surface area contributed by atoms with Crippen molar-refractivity contribution in [3.8, 4) is 17.2 Å². The standard InChI is InChI=1S/C23H24N2O4S/c1-3-10-25(23(26)17-8-9-20-21(11-17)29-15-28-20)12-18-14-30-22(24-18)13-27-19-7-5-4-6-16(19)2/h4-9,11,14H,3,10,12-13,15H2,1-2H3. The number of aromatic nitrogens is 1. The van der Waals surface area contributed by atoms with Crippen molar-refractivity contribution in [3.63, 3.8) is 0 Å². The molecule has 30 heavy (non-hydrogen) atoms. The highest BCUT2D eigenvalue weighted by Crippen LogP contribution is 2.33. The molecule has 3 aromatic rings. The van der Waals surface area contributed by atoms with Crippen LogP contribution in [0, 0.1) is 6.92 Å². The third kappa shape index (κ3) is 4.57. The van der Waals surface area contributed by atoms with E-state index in [1.165, 1.54) is 0 Å². The van der Waals surface area contributed by atoms with E-state index in [0.29, 0.717) is 36.8 Å². The Balaban J connectivity index is 1.42. The number of carbonyl (C=O) groups is 1. The van der Waals surface area contributed by atoms with Crippen LogP contribution < -0.4 is 14.2 Å². The molecule has 0 aliphatic carbocycles. The summed E-state index contributed by atoms with van der Waals surface area (Å²) in [6.45, 7) is 5.80. The molecular formula is C23H24N2O4S. The SMILES string of the molecule is CCCN(Cc1csc(COc2ccccc2C)n1)C(=O)c1ccc2c(c1)OCO2. The van der Waals surface area contributed by atoms with Crippen molar-refractivity contribution in [1.82, 2.24) is 9.88 Å². The quantitative estimate of drug-likeness (QED) is 0.519. The molecule has 1 amide bonds. The lowest BCUT2D eigenvalue weighted by Gasteiger charge is -2.21. The van der Waals surface area contributed by atoms with E-state index in [1.807, 2.05) is 41.5 Å². The molecule has 0 fully saturated rings. The summed E-state index contributed by atoms with van der Waals surface area (Å²) in [7, 11) is 0. The first kappa shape index (κ1) is 20.2. The summed E-state index contributed by atoms with van der Waals surface area (Å²) in [5.74, 6) is 2.11. The van der Waals surface area contributed by atoms with Crippen molar-refractivity contribution in [2.24, 2.45) is 0 Å². The van der Waals surface area contributed by atoms with Crippen molar-refractivity contribution in [1.29, 1.82) is 0 Å². The highest BCUT2D eigenvalue weighted by Gasteiger charge is 2.21. The first-order chi connectivity index (χ1) is 14.6. The molecule has 0 N–H and O–H groups in total. The van der Waals surface area contributed by atoms with Crippen LogP contribution in [-0.2, 0) is 13.2 Å². The molecule has 0 unspecified atom stereocenters. The average molecular weight is 425 g/mol. The van der Waals surface area contributed by atoms with E-state index in [2.05, 4.69) is 11.9 Å². The lowest BCUT2D eigenvalue weighted by atomic mass is 10.1. The van der Waals surface area contributed by atoms with Crippen LogP contribution in [0.3, 0.4) is 0 Å². The minimum Gasteiger partial charge on any atom is -0.486 e. The number of amides is 1. The van der Waals surface area contributed by atoms with Crippen LogP contribution in [-0.4, -0.2) is 29.1 Å². The summed E-state index contributed by atoms with van der Waals surface area (Å²) in [5, 5.41) is 2.88. The maximum Gasteiger partial charge on any atom is 0.254 e. The molecule has 0 bridgehead atoms. The summed E-state index contributed by atoms with van der Waals surface area (Å²) in [5.41, 5.74) is 2.55. The summed E-state index contributed by atoms with van der Waals surface area (Å²) in [6, 6.07) is 13.2. The fourth-order valence-electron chi connectivity index (χ4n) is 3.28. The lowest BCUT2D eigenvalue weighted by molar-refractivity contribution is 0.0741.